The second kappa shape index (κ2) is 5.25. The SMILES string of the molecule is Cc1nc(OC2CCCC2)sc1B1OC(C)(C)C(C)(C)O1. The molecule has 2 heterocycles. The van der Waals surface area contributed by atoms with E-state index in [-0.39, 0.29) is 18.3 Å². The molecule has 116 valence electrons. The highest BCUT2D eigenvalue weighted by Crippen LogP contribution is 2.37. The van der Waals surface area contributed by atoms with E-state index in [4.69, 9.17) is 14.0 Å². The number of thiazole rings is 1. The highest BCUT2D eigenvalue weighted by atomic mass is 32.1. The zero-order chi connectivity index (χ0) is 15.3. The zero-order valence-electron chi connectivity index (χ0n) is 13.6. The predicted molar refractivity (Wildman–Crippen MR) is 85.5 cm³/mol. The van der Waals surface area contributed by atoms with Crippen molar-refractivity contribution in [2.45, 2.75) is 77.6 Å². The van der Waals surface area contributed by atoms with Crippen molar-refractivity contribution in [3.8, 4) is 5.19 Å². The summed E-state index contributed by atoms with van der Waals surface area (Å²) in [5.74, 6) is 0. The van der Waals surface area contributed by atoms with E-state index in [9.17, 15) is 0 Å². The third kappa shape index (κ3) is 2.85. The number of aryl methyl sites for hydroxylation is 1. The van der Waals surface area contributed by atoms with Crippen molar-refractivity contribution < 1.29 is 14.0 Å². The van der Waals surface area contributed by atoms with Crippen LogP contribution in [0.4, 0.5) is 0 Å². The minimum Gasteiger partial charge on any atom is -0.467 e. The van der Waals surface area contributed by atoms with Gasteiger partial charge in [0.1, 0.15) is 6.10 Å². The van der Waals surface area contributed by atoms with Crippen LogP contribution < -0.4 is 9.51 Å². The van der Waals surface area contributed by atoms with E-state index in [0.29, 0.717) is 6.10 Å². The summed E-state index contributed by atoms with van der Waals surface area (Å²) in [5, 5.41) is 0.754. The van der Waals surface area contributed by atoms with Gasteiger partial charge in [0, 0.05) is 0 Å². The molecule has 3 rings (SSSR count). The largest absolute Gasteiger partial charge is 0.507 e. The van der Waals surface area contributed by atoms with Crippen molar-refractivity contribution in [3.63, 3.8) is 0 Å². The van der Waals surface area contributed by atoms with Gasteiger partial charge >= 0.3 is 7.12 Å². The van der Waals surface area contributed by atoms with Gasteiger partial charge in [-0.25, -0.2) is 4.98 Å². The van der Waals surface area contributed by atoms with E-state index in [2.05, 4.69) is 32.7 Å². The first-order valence-corrected chi connectivity index (χ1v) is 8.60. The summed E-state index contributed by atoms with van der Waals surface area (Å²) in [5.41, 5.74) is 0.313. The Kier molecular flexibility index (Phi) is 3.83. The zero-order valence-corrected chi connectivity index (χ0v) is 14.4. The molecule has 1 aliphatic carbocycles. The van der Waals surface area contributed by atoms with Gasteiger partial charge in [0.2, 0.25) is 0 Å². The van der Waals surface area contributed by atoms with E-state index >= 15 is 0 Å². The van der Waals surface area contributed by atoms with Crippen molar-refractivity contribution in [2.24, 2.45) is 0 Å². The number of hydrogen-bond donors (Lipinski definition) is 0. The van der Waals surface area contributed by atoms with Crippen LogP contribution in [0.2, 0.25) is 0 Å². The van der Waals surface area contributed by atoms with E-state index in [0.717, 1.165) is 28.5 Å². The highest BCUT2D eigenvalue weighted by molar-refractivity contribution is 7.23. The van der Waals surface area contributed by atoms with Crippen molar-refractivity contribution in [2.75, 3.05) is 0 Å². The van der Waals surface area contributed by atoms with Gasteiger partial charge in [0.25, 0.3) is 5.19 Å². The Morgan fingerprint density at radius 3 is 2.29 bits per heavy atom. The molecule has 1 aromatic rings. The summed E-state index contributed by atoms with van der Waals surface area (Å²) in [4.78, 5) is 4.55. The van der Waals surface area contributed by atoms with E-state index in [1.807, 2.05) is 6.92 Å². The van der Waals surface area contributed by atoms with Crippen LogP contribution in [0.15, 0.2) is 0 Å². The molecule has 0 unspecified atom stereocenters. The second-order valence-corrected chi connectivity index (χ2v) is 8.04. The van der Waals surface area contributed by atoms with Gasteiger partial charge < -0.3 is 14.0 Å². The molecule has 0 N–H and O–H groups in total. The first-order chi connectivity index (χ1) is 9.78. The van der Waals surface area contributed by atoms with Crippen molar-refractivity contribution in [3.05, 3.63) is 5.69 Å². The van der Waals surface area contributed by atoms with Crippen molar-refractivity contribution in [1.29, 1.82) is 0 Å². The van der Waals surface area contributed by atoms with Gasteiger partial charge in [-0.05, 0) is 60.3 Å². The first-order valence-electron chi connectivity index (χ1n) is 7.78. The van der Waals surface area contributed by atoms with E-state index in [1.165, 1.54) is 12.8 Å². The summed E-state index contributed by atoms with van der Waals surface area (Å²) in [6.45, 7) is 10.3. The number of aromatic nitrogens is 1. The summed E-state index contributed by atoms with van der Waals surface area (Å²) in [6, 6.07) is 0. The molecule has 0 aromatic carbocycles. The van der Waals surface area contributed by atoms with Crippen LogP contribution in [0.1, 0.15) is 59.1 Å². The van der Waals surface area contributed by atoms with Gasteiger partial charge in [-0.2, -0.15) is 0 Å². The number of ether oxygens (including phenoxy) is 1. The fourth-order valence-corrected chi connectivity index (χ4v) is 3.69. The summed E-state index contributed by atoms with van der Waals surface area (Å²) >= 11 is 1.56. The lowest BCUT2D eigenvalue weighted by Gasteiger charge is -2.32. The standard InChI is InChI=1S/C15H24BNO3S/c1-10-12(16-19-14(2,3)15(4,5)20-16)21-13(17-10)18-11-8-6-7-9-11/h11H,6-9H2,1-5H3. The summed E-state index contributed by atoms with van der Waals surface area (Å²) < 4.78 is 19.2. The monoisotopic (exact) mass is 309 g/mol. The Morgan fingerprint density at radius 2 is 1.71 bits per heavy atom. The van der Waals surface area contributed by atoms with Gasteiger partial charge in [0.05, 0.1) is 21.7 Å². The van der Waals surface area contributed by atoms with Gasteiger partial charge in [-0.15, -0.1) is 0 Å². The van der Waals surface area contributed by atoms with Crippen LogP contribution in [-0.2, 0) is 9.31 Å². The lowest BCUT2D eigenvalue weighted by molar-refractivity contribution is 0.00578. The Balaban J connectivity index is 1.76. The molecule has 0 spiro atoms. The second-order valence-electron chi connectivity index (χ2n) is 7.04. The molecule has 21 heavy (non-hydrogen) atoms. The van der Waals surface area contributed by atoms with Crippen molar-refractivity contribution in [1.82, 2.24) is 4.98 Å². The maximum Gasteiger partial charge on any atom is 0.507 e. The third-order valence-electron chi connectivity index (χ3n) is 4.85. The molecule has 2 fully saturated rings. The maximum atomic E-state index is 6.11. The quantitative estimate of drug-likeness (QED) is 0.805. The van der Waals surface area contributed by atoms with Crippen LogP contribution in [0.3, 0.4) is 0 Å². The summed E-state index contributed by atoms with van der Waals surface area (Å²) in [6.07, 6.45) is 5.15. The molecule has 2 aliphatic rings. The lowest BCUT2D eigenvalue weighted by Crippen LogP contribution is -2.41. The fourth-order valence-electron chi connectivity index (χ4n) is 2.75. The molecule has 4 nitrogen and oxygen atoms in total. The van der Waals surface area contributed by atoms with E-state index in [1.54, 1.807) is 11.3 Å². The fraction of sp³-hybridized carbons (Fsp3) is 0.800. The topological polar surface area (TPSA) is 40.6 Å². The molecule has 0 bridgehead atoms. The average molecular weight is 309 g/mol. The Bertz CT molecular complexity index is 507. The molecule has 0 radical (unpaired) electrons. The number of rotatable bonds is 3. The lowest BCUT2D eigenvalue weighted by atomic mass is 9.86. The number of hydrogen-bond acceptors (Lipinski definition) is 5. The molecule has 6 heteroatoms. The summed E-state index contributed by atoms with van der Waals surface area (Å²) in [7, 11) is -0.339. The molecule has 1 aromatic heterocycles. The minimum absolute atomic E-state index is 0.319. The Morgan fingerprint density at radius 1 is 1.14 bits per heavy atom. The normalized spacial score (nSPS) is 24.7. The van der Waals surface area contributed by atoms with Crippen LogP contribution >= 0.6 is 11.3 Å². The van der Waals surface area contributed by atoms with Gasteiger partial charge in [-0.1, -0.05) is 11.3 Å². The molecule has 1 aliphatic heterocycles. The average Bonchev–Trinajstić information content (AvgIpc) is 3.01. The molecule has 0 amide bonds. The van der Waals surface area contributed by atoms with Gasteiger partial charge in [-0.3, -0.25) is 0 Å². The molecule has 1 saturated carbocycles. The smallest absolute Gasteiger partial charge is 0.467 e. The maximum absolute atomic E-state index is 6.11. The third-order valence-corrected chi connectivity index (χ3v) is 5.92. The number of nitrogens with zero attached hydrogens (tertiary/aromatic N) is 1. The van der Waals surface area contributed by atoms with Crippen LogP contribution in [0, 0.1) is 6.92 Å². The first kappa shape index (κ1) is 15.3. The predicted octanol–water partition coefficient (Wildman–Crippen LogP) is 3.07. The Hall–Kier alpha value is -0.585. The van der Waals surface area contributed by atoms with Gasteiger partial charge in [0.15, 0.2) is 0 Å². The van der Waals surface area contributed by atoms with Crippen LogP contribution in [0.25, 0.3) is 0 Å². The van der Waals surface area contributed by atoms with Crippen molar-refractivity contribution >= 4 is 23.2 Å². The Labute approximate surface area is 131 Å². The highest BCUT2D eigenvalue weighted by Gasteiger charge is 2.53. The molecule has 1 saturated heterocycles. The van der Waals surface area contributed by atoms with E-state index < -0.39 is 0 Å². The minimum atomic E-state index is -0.339. The van der Waals surface area contributed by atoms with Crippen LogP contribution in [0.5, 0.6) is 5.19 Å². The molecular weight excluding hydrogens is 285 g/mol. The molecular formula is C15H24BNO3S. The molecule has 0 atom stereocenters. The van der Waals surface area contributed by atoms with Crippen LogP contribution in [-0.4, -0.2) is 29.4 Å².